The van der Waals surface area contributed by atoms with E-state index in [1.165, 1.54) is 0 Å². The second-order valence-corrected chi connectivity index (χ2v) is 4.08. The zero-order valence-electron chi connectivity index (χ0n) is 9.99. The molecule has 0 amide bonds. The standard InChI is InChI=1S/C12H11F3N4/c1-7-4-9(2-3-10(7)11(16)17)19-6-8(5-18-19)12(13,14)15/h2-6H,1H3,(H3,16,17). The molecule has 0 aliphatic carbocycles. The fraction of sp³-hybridized carbons (Fsp3) is 0.167. The molecule has 0 bridgehead atoms. The van der Waals surface area contributed by atoms with Crippen molar-refractivity contribution in [2.24, 2.45) is 5.73 Å². The first kappa shape index (κ1) is 13.1. The molecule has 2 rings (SSSR count). The lowest BCUT2D eigenvalue weighted by molar-refractivity contribution is -0.137. The van der Waals surface area contributed by atoms with Crippen molar-refractivity contribution >= 4 is 5.84 Å². The molecule has 0 unspecified atom stereocenters. The number of hydrogen-bond acceptors (Lipinski definition) is 2. The molecule has 0 aliphatic heterocycles. The van der Waals surface area contributed by atoms with Crippen LogP contribution in [0.1, 0.15) is 16.7 Å². The lowest BCUT2D eigenvalue weighted by Gasteiger charge is -2.07. The highest BCUT2D eigenvalue weighted by Gasteiger charge is 2.32. The predicted molar refractivity (Wildman–Crippen MR) is 64.3 cm³/mol. The number of benzene rings is 1. The molecule has 1 heterocycles. The smallest absolute Gasteiger partial charge is 0.384 e. The van der Waals surface area contributed by atoms with E-state index < -0.39 is 11.7 Å². The zero-order chi connectivity index (χ0) is 14.2. The topological polar surface area (TPSA) is 67.7 Å². The van der Waals surface area contributed by atoms with Gasteiger partial charge in [-0.3, -0.25) is 5.41 Å². The van der Waals surface area contributed by atoms with Crippen LogP contribution in [0.25, 0.3) is 5.69 Å². The Morgan fingerprint density at radius 1 is 1.37 bits per heavy atom. The van der Waals surface area contributed by atoms with Crippen LogP contribution in [0.5, 0.6) is 0 Å². The first-order valence-electron chi connectivity index (χ1n) is 5.36. The van der Waals surface area contributed by atoms with Crippen molar-refractivity contribution in [1.29, 1.82) is 5.41 Å². The second kappa shape index (κ2) is 4.42. The summed E-state index contributed by atoms with van der Waals surface area (Å²) in [6.07, 6.45) is -2.72. The van der Waals surface area contributed by atoms with Crippen LogP contribution >= 0.6 is 0 Å². The first-order chi connectivity index (χ1) is 8.79. The maximum Gasteiger partial charge on any atom is 0.419 e. The molecule has 0 fully saturated rings. The summed E-state index contributed by atoms with van der Waals surface area (Å²) in [5, 5.41) is 11.0. The first-order valence-corrected chi connectivity index (χ1v) is 5.36. The van der Waals surface area contributed by atoms with Crippen molar-refractivity contribution in [3.63, 3.8) is 0 Å². The van der Waals surface area contributed by atoms with E-state index in [2.05, 4.69) is 5.10 Å². The number of aromatic nitrogens is 2. The number of nitrogen functional groups attached to an aromatic ring is 1. The Bertz CT molecular complexity index is 628. The van der Waals surface area contributed by atoms with Crippen molar-refractivity contribution in [2.75, 3.05) is 0 Å². The van der Waals surface area contributed by atoms with E-state index in [-0.39, 0.29) is 5.84 Å². The third-order valence-electron chi connectivity index (χ3n) is 2.67. The van der Waals surface area contributed by atoms with E-state index in [1.54, 1.807) is 25.1 Å². The summed E-state index contributed by atoms with van der Waals surface area (Å²) in [6.45, 7) is 1.73. The van der Waals surface area contributed by atoms with E-state index in [0.717, 1.165) is 17.1 Å². The van der Waals surface area contributed by atoms with Crippen LogP contribution in [-0.2, 0) is 6.18 Å². The Morgan fingerprint density at radius 2 is 2.05 bits per heavy atom. The molecule has 0 aliphatic rings. The van der Waals surface area contributed by atoms with Gasteiger partial charge >= 0.3 is 6.18 Å². The van der Waals surface area contributed by atoms with Gasteiger partial charge in [0.05, 0.1) is 17.4 Å². The number of alkyl halides is 3. The van der Waals surface area contributed by atoms with Crippen LogP contribution in [0, 0.1) is 12.3 Å². The second-order valence-electron chi connectivity index (χ2n) is 4.08. The SMILES string of the molecule is Cc1cc(-n2cc(C(F)(F)F)cn2)ccc1C(=N)N. The van der Waals surface area contributed by atoms with Crippen LogP contribution in [0.15, 0.2) is 30.6 Å². The fourth-order valence-electron chi connectivity index (χ4n) is 1.70. The van der Waals surface area contributed by atoms with Gasteiger partial charge in [-0.1, -0.05) is 0 Å². The highest BCUT2D eigenvalue weighted by Crippen LogP contribution is 2.29. The molecule has 19 heavy (non-hydrogen) atoms. The van der Waals surface area contributed by atoms with E-state index >= 15 is 0 Å². The molecule has 0 spiro atoms. The lowest BCUT2D eigenvalue weighted by atomic mass is 10.1. The number of aryl methyl sites for hydroxylation is 1. The van der Waals surface area contributed by atoms with E-state index in [9.17, 15) is 13.2 Å². The van der Waals surface area contributed by atoms with Gasteiger partial charge < -0.3 is 5.73 Å². The quantitative estimate of drug-likeness (QED) is 0.649. The average molecular weight is 268 g/mol. The summed E-state index contributed by atoms with van der Waals surface area (Å²) in [5.74, 6) is -0.0829. The fourth-order valence-corrected chi connectivity index (χ4v) is 1.70. The maximum absolute atomic E-state index is 12.5. The molecule has 1 aromatic heterocycles. The molecule has 100 valence electrons. The molecule has 0 saturated carbocycles. The minimum absolute atomic E-state index is 0.0829. The Kier molecular flexibility index (Phi) is 3.05. The number of rotatable bonds is 2. The van der Waals surface area contributed by atoms with Crippen molar-refractivity contribution in [3.8, 4) is 5.69 Å². The van der Waals surface area contributed by atoms with Crippen molar-refractivity contribution in [2.45, 2.75) is 13.1 Å². The molecule has 1 aromatic carbocycles. The van der Waals surface area contributed by atoms with Gasteiger partial charge in [0.25, 0.3) is 0 Å². The Morgan fingerprint density at radius 3 is 2.53 bits per heavy atom. The third-order valence-corrected chi connectivity index (χ3v) is 2.67. The van der Waals surface area contributed by atoms with Gasteiger partial charge in [-0.15, -0.1) is 0 Å². The number of nitrogens with two attached hydrogens (primary N) is 1. The third kappa shape index (κ3) is 2.59. The highest BCUT2D eigenvalue weighted by molar-refractivity contribution is 5.96. The van der Waals surface area contributed by atoms with Crippen LogP contribution in [0.2, 0.25) is 0 Å². The molecular weight excluding hydrogens is 257 g/mol. The van der Waals surface area contributed by atoms with Gasteiger partial charge in [0.1, 0.15) is 5.84 Å². The van der Waals surface area contributed by atoms with Crippen molar-refractivity contribution in [1.82, 2.24) is 9.78 Å². The molecule has 0 radical (unpaired) electrons. The van der Waals surface area contributed by atoms with E-state index in [1.807, 2.05) is 0 Å². The average Bonchev–Trinajstić information content (AvgIpc) is 2.76. The largest absolute Gasteiger partial charge is 0.419 e. The van der Waals surface area contributed by atoms with E-state index in [4.69, 9.17) is 11.1 Å². The van der Waals surface area contributed by atoms with E-state index in [0.29, 0.717) is 16.8 Å². The molecule has 0 atom stereocenters. The Balaban J connectivity index is 2.40. The van der Waals surface area contributed by atoms with Gasteiger partial charge in [-0.2, -0.15) is 18.3 Å². The van der Waals surface area contributed by atoms with Crippen molar-refractivity contribution in [3.05, 3.63) is 47.3 Å². The number of hydrogen-bond donors (Lipinski definition) is 2. The minimum atomic E-state index is -4.41. The summed E-state index contributed by atoms with van der Waals surface area (Å²) in [4.78, 5) is 0. The normalized spacial score (nSPS) is 11.6. The van der Waals surface area contributed by atoms with Crippen LogP contribution in [-0.4, -0.2) is 15.6 Å². The molecule has 0 saturated heterocycles. The van der Waals surface area contributed by atoms with Crippen LogP contribution in [0.3, 0.4) is 0 Å². The Hall–Kier alpha value is -2.31. The maximum atomic E-state index is 12.5. The molecule has 4 nitrogen and oxygen atoms in total. The summed E-state index contributed by atoms with van der Waals surface area (Å²) >= 11 is 0. The zero-order valence-corrected chi connectivity index (χ0v) is 9.99. The molecule has 3 N–H and O–H groups in total. The lowest BCUT2D eigenvalue weighted by Crippen LogP contribution is -2.13. The van der Waals surface area contributed by atoms with Gasteiger partial charge in [0.2, 0.25) is 0 Å². The molecule has 7 heteroatoms. The number of halogens is 3. The van der Waals surface area contributed by atoms with Gasteiger partial charge in [-0.25, -0.2) is 4.68 Å². The minimum Gasteiger partial charge on any atom is -0.384 e. The van der Waals surface area contributed by atoms with Crippen LogP contribution < -0.4 is 5.73 Å². The van der Waals surface area contributed by atoms with Gasteiger partial charge in [-0.05, 0) is 30.7 Å². The van der Waals surface area contributed by atoms with Crippen molar-refractivity contribution < 1.29 is 13.2 Å². The summed E-state index contributed by atoms with van der Waals surface area (Å²) in [5.41, 5.74) is 6.31. The summed E-state index contributed by atoms with van der Waals surface area (Å²) < 4.78 is 38.5. The highest BCUT2D eigenvalue weighted by atomic mass is 19.4. The number of nitrogens with zero attached hydrogens (tertiary/aromatic N) is 2. The monoisotopic (exact) mass is 268 g/mol. The summed E-state index contributed by atoms with van der Waals surface area (Å²) in [6, 6.07) is 4.78. The molecular formula is C12H11F3N4. The number of nitrogens with one attached hydrogen (secondary N) is 1. The predicted octanol–water partition coefficient (Wildman–Crippen LogP) is 2.48. The molecule has 2 aromatic rings. The van der Waals surface area contributed by atoms with Crippen LogP contribution in [0.4, 0.5) is 13.2 Å². The number of amidine groups is 1. The summed E-state index contributed by atoms with van der Waals surface area (Å²) in [7, 11) is 0. The Labute approximate surface area is 107 Å². The van der Waals surface area contributed by atoms with Gasteiger partial charge in [0.15, 0.2) is 0 Å². The van der Waals surface area contributed by atoms with Gasteiger partial charge in [0, 0.05) is 11.8 Å².